The Kier molecular flexibility index (Phi) is 4.69. The van der Waals surface area contributed by atoms with E-state index in [4.69, 9.17) is 4.74 Å². The highest BCUT2D eigenvalue weighted by Gasteiger charge is 2.40. The van der Waals surface area contributed by atoms with Gasteiger partial charge >= 0.3 is 0 Å². The van der Waals surface area contributed by atoms with Gasteiger partial charge < -0.3 is 10.1 Å². The van der Waals surface area contributed by atoms with E-state index in [2.05, 4.69) is 51.8 Å². The zero-order valence-electron chi connectivity index (χ0n) is 12.2. The molecular formula is C14H24BrN3O. The van der Waals surface area contributed by atoms with E-state index in [1.807, 2.05) is 13.2 Å². The summed E-state index contributed by atoms with van der Waals surface area (Å²) in [5, 5.41) is 7.92. The van der Waals surface area contributed by atoms with Crippen molar-refractivity contribution in [3.05, 3.63) is 16.4 Å². The van der Waals surface area contributed by atoms with Crippen molar-refractivity contribution >= 4 is 15.9 Å². The van der Waals surface area contributed by atoms with E-state index in [-0.39, 0.29) is 11.6 Å². The molecule has 0 bridgehead atoms. The maximum atomic E-state index is 6.11. The topological polar surface area (TPSA) is 39.1 Å². The highest BCUT2D eigenvalue weighted by Crippen LogP contribution is 2.39. The third-order valence-electron chi connectivity index (χ3n) is 3.95. The predicted molar refractivity (Wildman–Crippen MR) is 80.3 cm³/mol. The van der Waals surface area contributed by atoms with E-state index in [0.717, 1.165) is 23.9 Å². The van der Waals surface area contributed by atoms with Crippen LogP contribution in [-0.4, -0.2) is 29.0 Å². The largest absolute Gasteiger partial charge is 0.373 e. The van der Waals surface area contributed by atoms with Gasteiger partial charge in [0.05, 0.1) is 28.0 Å². The molecule has 1 fully saturated rings. The molecule has 108 valence electrons. The van der Waals surface area contributed by atoms with Crippen molar-refractivity contribution in [1.82, 2.24) is 15.1 Å². The molecule has 2 rings (SSSR count). The minimum atomic E-state index is -0.164. The van der Waals surface area contributed by atoms with Crippen LogP contribution in [0.25, 0.3) is 0 Å². The first-order valence-corrected chi connectivity index (χ1v) is 7.83. The van der Waals surface area contributed by atoms with Crippen LogP contribution in [0, 0.1) is 0 Å². The Bertz CT molecular complexity index is 424. The molecule has 5 heteroatoms. The SMILES string of the molecule is CNC(c1c(Br)cnn1C(C)C)C1(C)CCCCO1. The third-order valence-corrected chi connectivity index (χ3v) is 4.56. The summed E-state index contributed by atoms with van der Waals surface area (Å²) in [5.41, 5.74) is 1.02. The summed E-state index contributed by atoms with van der Waals surface area (Å²) >= 11 is 3.64. The maximum absolute atomic E-state index is 6.11. The van der Waals surface area contributed by atoms with Crippen LogP contribution in [0.3, 0.4) is 0 Å². The summed E-state index contributed by atoms with van der Waals surface area (Å²) in [6.07, 6.45) is 5.35. The van der Waals surface area contributed by atoms with Gasteiger partial charge in [0.2, 0.25) is 0 Å². The quantitative estimate of drug-likeness (QED) is 0.919. The number of rotatable bonds is 4. The monoisotopic (exact) mass is 329 g/mol. The van der Waals surface area contributed by atoms with Crippen molar-refractivity contribution in [2.24, 2.45) is 0 Å². The molecule has 0 amide bonds. The maximum Gasteiger partial charge on any atom is 0.0863 e. The second kappa shape index (κ2) is 5.94. The number of hydrogen-bond acceptors (Lipinski definition) is 3. The lowest BCUT2D eigenvalue weighted by molar-refractivity contribution is -0.0902. The van der Waals surface area contributed by atoms with Gasteiger partial charge in [-0.1, -0.05) is 0 Å². The van der Waals surface area contributed by atoms with Gasteiger partial charge in [-0.15, -0.1) is 0 Å². The van der Waals surface area contributed by atoms with E-state index >= 15 is 0 Å². The molecule has 1 saturated heterocycles. The minimum absolute atomic E-state index is 0.145. The molecule has 0 spiro atoms. The van der Waals surface area contributed by atoms with Crippen molar-refractivity contribution in [2.45, 2.75) is 57.7 Å². The zero-order chi connectivity index (χ0) is 14.0. The van der Waals surface area contributed by atoms with Crippen LogP contribution >= 0.6 is 15.9 Å². The van der Waals surface area contributed by atoms with Crippen LogP contribution in [0.4, 0.5) is 0 Å². The first kappa shape index (κ1) is 15.0. The molecule has 2 unspecified atom stereocenters. The molecule has 0 aromatic carbocycles. The lowest BCUT2D eigenvalue weighted by Gasteiger charge is -2.41. The number of nitrogens with one attached hydrogen (secondary N) is 1. The molecule has 0 radical (unpaired) electrons. The van der Waals surface area contributed by atoms with Gasteiger partial charge in [-0.25, -0.2) is 0 Å². The normalized spacial score (nSPS) is 25.8. The van der Waals surface area contributed by atoms with Crippen LogP contribution in [0.15, 0.2) is 10.7 Å². The number of aromatic nitrogens is 2. The Hall–Kier alpha value is -0.390. The molecule has 0 aliphatic carbocycles. The second-order valence-corrected chi connectivity index (χ2v) is 6.61. The van der Waals surface area contributed by atoms with Crippen molar-refractivity contribution in [3.63, 3.8) is 0 Å². The summed E-state index contributed by atoms with van der Waals surface area (Å²) in [6, 6.07) is 0.483. The van der Waals surface area contributed by atoms with Gasteiger partial charge in [0.1, 0.15) is 0 Å². The average Bonchev–Trinajstić information content (AvgIpc) is 2.73. The molecule has 2 heterocycles. The molecule has 0 saturated carbocycles. The smallest absolute Gasteiger partial charge is 0.0863 e. The Morgan fingerprint density at radius 1 is 1.47 bits per heavy atom. The lowest BCUT2D eigenvalue weighted by atomic mass is 9.86. The van der Waals surface area contributed by atoms with Gasteiger partial charge in [-0.05, 0) is 63.0 Å². The standard InChI is InChI=1S/C14H24BrN3O/c1-10(2)18-12(11(15)9-17-18)13(16-4)14(3)7-5-6-8-19-14/h9-10,13,16H,5-8H2,1-4H3. The summed E-state index contributed by atoms with van der Waals surface area (Å²) < 4.78 is 9.24. The number of ether oxygens (including phenoxy) is 1. The van der Waals surface area contributed by atoms with Crippen LogP contribution < -0.4 is 5.32 Å². The molecule has 1 N–H and O–H groups in total. The van der Waals surface area contributed by atoms with Crippen molar-refractivity contribution in [2.75, 3.05) is 13.7 Å². The fraction of sp³-hybridized carbons (Fsp3) is 0.786. The molecule has 1 aliphatic rings. The number of halogens is 1. The van der Waals surface area contributed by atoms with Crippen LogP contribution in [0.2, 0.25) is 0 Å². The van der Waals surface area contributed by atoms with Crippen LogP contribution in [0.1, 0.15) is 57.8 Å². The van der Waals surface area contributed by atoms with E-state index in [9.17, 15) is 0 Å². The highest BCUT2D eigenvalue weighted by atomic mass is 79.9. The third kappa shape index (κ3) is 2.88. The molecule has 1 aliphatic heterocycles. The Labute approximate surface area is 124 Å². The van der Waals surface area contributed by atoms with Gasteiger partial charge in [0.25, 0.3) is 0 Å². The molecule has 1 aromatic heterocycles. The van der Waals surface area contributed by atoms with Crippen molar-refractivity contribution in [1.29, 1.82) is 0 Å². The summed E-state index contributed by atoms with van der Waals surface area (Å²) in [5.74, 6) is 0. The first-order chi connectivity index (χ1) is 8.99. The van der Waals surface area contributed by atoms with E-state index in [1.54, 1.807) is 0 Å². The van der Waals surface area contributed by atoms with Gasteiger partial charge in [0, 0.05) is 12.6 Å². The summed E-state index contributed by atoms with van der Waals surface area (Å²) in [4.78, 5) is 0. The molecule has 19 heavy (non-hydrogen) atoms. The summed E-state index contributed by atoms with van der Waals surface area (Å²) in [7, 11) is 2.00. The predicted octanol–water partition coefficient (Wildman–Crippen LogP) is 3.45. The van der Waals surface area contributed by atoms with Gasteiger partial charge in [-0.2, -0.15) is 5.10 Å². The molecule has 2 atom stereocenters. The van der Waals surface area contributed by atoms with E-state index in [0.29, 0.717) is 6.04 Å². The lowest BCUT2D eigenvalue weighted by Crippen LogP contribution is -2.46. The Balaban J connectivity index is 2.38. The van der Waals surface area contributed by atoms with Gasteiger partial charge in [0.15, 0.2) is 0 Å². The minimum Gasteiger partial charge on any atom is -0.373 e. The first-order valence-electron chi connectivity index (χ1n) is 7.03. The highest BCUT2D eigenvalue weighted by molar-refractivity contribution is 9.10. The molecule has 4 nitrogen and oxygen atoms in total. The van der Waals surface area contributed by atoms with Crippen LogP contribution in [-0.2, 0) is 4.74 Å². The van der Waals surface area contributed by atoms with Crippen LogP contribution in [0.5, 0.6) is 0 Å². The molecule has 1 aromatic rings. The van der Waals surface area contributed by atoms with Crippen molar-refractivity contribution in [3.8, 4) is 0 Å². The van der Waals surface area contributed by atoms with E-state index < -0.39 is 0 Å². The zero-order valence-corrected chi connectivity index (χ0v) is 13.8. The molecular weight excluding hydrogens is 306 g/mol. The van der Waals surface area contributed by atoms with E-state index in [1.165, 1.54) is 12.1 Å². The van der Waals surface area contributed by atoms with Crippen molar-refractivity contribution < 1.29 is 4.74 Å². The number of nitrogens with zero attached hydrogens (tertiary/aromatic N) is 2. The summed E-state index contributed by atoms with van der Waals surface area (Å²) in [6.45, 7) is 7.36. The fourth-order valence-electron chi connectivity index (χ4n) is 2.95. The Morgan fingerprint density at radius 2 is 2.21 bits per heavy atom. The fourth-order valence-corrected chi connectivity index (χ4v) is 3.45. The Morgan fingerprint density at radius 3 is 2.74 bits per heavy atom. The second-order valence-electron chi connectivity index (χ2n) is 5.76. The number of hydrogen-bond donors (Lipinski definition) is 1. The van der Waals surface area contributed by atoms with Gasteiger partial charge in [-0.3, -0.25) is 4.68 Å². The average molecular weight is 330 g/mol. The number of likely N-dealkylation sites (N-methyl/N-ethyl adjacent to an activating group) is 1.